The highest BCUT2D eigenvalue weighted by Crippen LogP contribution is 2.32. The van der Waals surface area contributed by atoms with E-state index in [4.69, 9.17) is 9.72 Å². The van der Waals surface area contributed by atoms with Crippen LogP contribution in [0, 0.1) is 6.92 Å². The van der Waals surface area contributed by atoms with Gasteiger partial charge in [0.25, 0.3) is 5.91 Å². The van der Waals surface area contributed by atoms with Gasteiger partial charge in [-0.1, -0.05) is 6.08 Å². The average Bonchev–Trinajstić information content (AvgIpc) is 3.71. The van der Waals surface area contributed by atoms with Gasteiger partial charge in [0, 0.05) is 36.1 Å². The summed E-state index contributed by atoms with van der Waals surface area (Å²) in [6, 6.07) is 13.6. The molecule has 0 spiro atoms. The molecule has 1 unspecified atom stereocenters. The van der Waals surface area contributed by atoms with Crippen LogP contribution < -0.4 is 15.0 Å². The fourth-order valence-electron chi connectivity index (χ4n) is 5.50. The van der Waals surface area contributed by atoms with E-state index in [1.807, 2.05) is 55.6 Å². The number of ether oxygens (including phenoxy) is 1. The van der Waals surface area contributed by atoms with Crippen molar-refractivity contribution in [2.45, 2.75) is 32.2 Å². The van der Waals surface area contributed by atoms with Crippen molar-refractivity contribution >= 4 is 39.9 Å². The predicted molar refractivity (Wildman–Crippen MR) is 156 cm³/mol. The fraction of sp³-hybridized carbons (Fsp3) is 0.267. The summed E-state index contributed by atoms with van der Waals surface area (Å²) in [5.41, 5.74) is 4.65. The van der Waals surface area contributed by atoms with Crippen LogP contribution in [-0.4, -0.2) is 66.5 Å². The monoisotopic (exact) mass is 547 g/mol. The van der Waals surface area contributed by atoms with E-state index in [1.54, 1.807) is 9.42 Å². The number of carbonyl (C=O) groups is 1. The summed E-state index contributed by atoms with van der Waals surface area (Å²) in [4.78, 5) is 35.3. The smallest absolute Gasteiger partial charge is 0.255 e. The molecule has 0 saturated carbocycles. The molecular formula is C30H29N9O2. The first-order valence-corrected chi connectivity index (χ1v) is 13.7. The number of likely N-dealkylation sites (N-methyl/N-ethyl adjacent to an activating group) is 1. The minimum absolute atomic E-state index is 0.0258. The van der Waals surface area contributed by atoms with Crippen molar-refractivity contribution in [2.75, 3.05) is 30.4 Å². The average molecular weight is 548 g/mol. The van der Waals surface area contributed by atoms with Gasteiger partial charge in [-0.15, -0.1) is 0 Å². The van der Waals surface area contributed by atoms with Gasteiger partial charge in [0.05, 0.1) is 5.52 Å². The third kappa shape index (κ3) is 4.84. The molecule has 7 rings (SSSR count). The van der Waals surface area contributed by atoms with E-state index in [2.05, 4.69) is 43.4 Å². The van der Waals surface area contributed by atoms with Gasteiger partial charge in [0.15, 0.2) is 11.5 Å². The number of amides is 1. The van der Waals surface area contributed by atoms with Crippen molar-refractivity contribution in [3.8, 4) is 11.5 Å². The normalized spacial score (nSPS) is 18.7. The minimum Gasteiger partial charge on any atom is -0.457 e. The predicted octanol–water partition coefficient (Wildman–Crippen LogP) is 4.67. The van der Waals surface area contributed by atoms with Crippen LogP contribution in [0.25, 0.3) is 16.7 Å². The maximum atomic E-state index is 13.3. The molecule has 1 aromatic carbocycles. The van der Waals surface area contributed by atoms with Gasteiger partial charge >= 0.3 is 0 Å². The van der Waals surface area contributed by atoms with Crippen LogP contribution in [-0.2, 0) is 4.79 Å². The summed E-state index contributed by atoms with van der Waals surface area (Å²) in [6.07, 6.45) is 9.96. The largest absolute Gasteiger partial charge is 0.457 e. The fourth-order valence-corrected chi connectivity index (χ4v) is 5.50. The Kier molecular flexibility index (Phi) is 6.27. The van der Waals surface area contributed by atoms with Crippen molar-refractivity contribution < 1.29 is 9.53 Å². The highest BCUT2D eigenvalue weighted by atomic mass is 16.5. The number of likely N-dealkylation sites (tertiary alicyclic amines) is 1. The third-order valence-corrected chi connectivity index (χ3v) is 7.76. The van der Waals surface area contributed by atoms with Crippen molar-refractivity contribution in [3.63, 3.8) is 0 Å². The first kappa shape index (κ1) is 25.1. The quantitative estimate of drug-likeness (QED) is 0.303. The van der Waals surface area contributed by atoms with Crippen LogP contribution in [0.1, 0.15) is 24.8 Å². The summed E-state index contributed by atoms with van der Waals surface area (Å²) < 4.78 is 7.79. The molecule has 1 amide bonds. The van der Waals surface area contributed by atoms with E-state index in [1.165, 1.54) is 19.1 Å². The number of benzene rings is 1. The van der Waals surface area contributed by atoms with E-state index in [0.29, 0.717) is 46.7 Å². The number of rotatable bonds is 6. The van der Waals surface area contributed by atoms with Gasteiger partial charge in [-0.3, -0.25) is 14.6 Å². The van der Waals surface area contributed by atoms with Gasteiger partial charge in [0.1, 0.15) is 35.5 Å². The molecule has 2 saturated heterocycles. The third-order valence-electron chi connectivity index (χ3n) is 7.76. The number of carbonyl (C=O) groups excluding carboxylic acids is 1. The summed E-state index contributed by atoms with van der Waals surface area (Å²) in [7, 11) is 2.12. The van der Waals surface area contributed by atoms with Crippen LogP contribution >= 0.6 is 0 Å². The molecule has 2 aliphatic heterocycles. The summed E-state index contributed by atoms with van der Waals surface area (Å²) in [6.45, 7) is 3.67. The molecule has 2 aliphatic rings. The Morgan fingerprint density at radius 2 is 1.98 bits per heavy atom. The summed E-state index contributed by atoms with van der Waals surface area (Å²) in [5.74, 6) is 2.60. The van der Waals surface area contributed by atoms with Crippen LogP contribution in [0.2, 0.25) is 0 Å². The lowest BCUT2D eigenvalue weighted by Crippen LogP contribution is -2.27. The number of aryl methyl sites for hydroxylation is 1. The number of pyridine rings is 2. The number of anilines is 3. The first-order chi connectivity index (χ1) is 20.0. The van der Waals surface area contributed by atoms with Crippen molar-refractivity contribution in [3.05, 3.63) is 78.5 Å². The molecule has 0 radical (unpaired) electrons. The zero-order chi connectivity index (χ0) is 27.9. The zero-order valence-electron chi connectivity index (χ0n) is 22.9. The summed E-state index contributed by atoms with van der Waals surface area (Å²) in [5, 5.41) is 7.50. The Bertz CT molecular complexity index is 1810. The van der Waals surface area contributed by atoms with E-state index < -0.39 is 0 Å². The standard InChI is InChI=1S/C30H29N9O2/c1-19-14-21(5-7-25(19)41-23-10-13-39-27(16-23)32-18-34-39)35-29-28-24(31-17-33-29)6-8-26(36-28)38-12-9-20(30(38)40)15-22-4-3-11-37(22)2/h5-8,10,13-18,22H,3-4,9,11-12H2,1-2H3,(H,31,33,35)/b20-15+. The molecule has 6 heterocycles. The topological polar surface area (TPSA) is 114 Å². The number of hydrogen-bond acceptors (Lipinski definition) is 9. The molecule has 1 N–H and O–H groups in total. The second-order valence-corrected chi connectivity index (χ2v) is 10.5. The number of hydrogen-bond donors (Lipinski definition) is 1. The molecule has 41 heavy (non-hydrogen) atoms. The number of nitrogens with one attached hydrogen (secondary N) is 1. The second kappa shape index (κ2) is 10.3. The lowest BCUT2D eigenvalue weighted by atomic mass is 10.1. The molecule has 206 valence electrons. The highest BCUT2D eigenvalue weighted by Gasteiger charge is 2.30. The maximum absolute atomic E-state index is 13.3. The Morgan fingerprint density at radius 3 is 2.83 bits per heavy atom. The SMILES string of the molecule is Cc1cc(Nc2ncnc3ccc(N4CC/C(=C\C5CCCN5C)C4=O)nc23)ccc1Oc1ccn2ncnc2c1. The Labute approximate surface area is 236 Å². The lowest BCUT2D eigenvalue weighted by Gasteiger charge is -2.17. The molecule has 0 bridgehead atoms. The minimum atomic E-state index is 0.0258. The Hall–Kier alpha value is -4.90. The molecule has 2 fully saturated rings. The first-order valence-electron chi connectivity index (χ1n) is 13.7. The number of fused-ring (bicyclic) bond motifs is 2. The summed E-state index contributed by atoms with van der Waals surface area (Å²) >= 11 is 0. The van der Waals surface area contributed by atoms with Crippen molar-refractivity contribution in [1.82, 2.24) is 34.4 Å². The highest BCUT2D eigenvalue weighted by molar-refractivity contribution is 6.08. The van der Waals surface area contributed by atoms with E-state index in [9.17, 15) is 4.79 Å². The number of nitrogens with zero attached hydrogens (tertiary/aromatic N) is 8. The molecule has 11 nitrogen and oxygen atoms in total. The van der Waals surface area contributed by atoms with Gasteiger partial charge < -0.3 is 10.1 Å². The Balaban J connectivity index is 1.12. The van der Waals surface area contributed by atoms with Gasteiger partial charge in [-0.2, -0.15) is 5.10 Å². The van der Waals surface area contributed by atoms with Crippen LogP contribution in [0.4, 0.5) is 17.3 Å². The molecule has 5 aromatic rings. The molecule has 1 atom stereocenters. The zero-order valence-corrected chi connectivity index (χ0v) is 22.9. The Morgan fingerprint density at radius 1 is 1.05 bits per heavy atom. The number of aromatic nitrogens is 6. The lowest BCUT2D eigenvalue weighted by molar-refractivity contribution is -0.114. The van der Waals surface area contributed by atoms with Crippen LogP contribution in [0.5, 0.6) is 11.5 Å². The van der Waals surface area contributed by atoms with Crippen molar-refractivity contribution in [1.29, 1.82) is 0 Å². The van der Waals surface area contributed by atoms with Crippen molar-refractivity contribution in [2.24, 2.45) is 0 Å². The van der Waals surface area contributed by atoms with E-state index >= 15 is 0 Å². The second-order valence-electron chi connectivity index (χ2n) is 10.5. The van der Waals surface area contributed by atoms with Crippen LogP contribution in [0.15, 0.2) is 73.0 Å². The van der Waals surface area contributed by atoms with E-state index in [0.717, 1.165) is 42.0 Å². The van der Waals surface area contributed by atoms with Gasteiger partial charge in [-0.05, 0) is 81.7 Å². The molecule has 11 heteroatoms. The van der Waals surface area contributed by atoms with E-state index in [-0.39, 0.29) is 5.91 Å². The molecule has 4 aromatic heterocycles. The molecule has 0 aliphatic carbocycles. The van der Waals surface area contributed by atoms with Crippen LogP contribution in [0.3, 0.4) is 0 Å². The van der Waals surface area contributed by atoms with Gasteiger partial charge in [-0.25, -0.2) is 24.5 Å². The van der Waals surface area contributed by atoms with Gasteiger partial charge in [0.2, 0.25) is 0 Å². The maximum Gasteiger partial charge on any atom is 0.255 e. The molecular weight excluding hydrogens is 518 g/mol.